The number of hydrogen-bond donors (Lipinski definition) is 1. The summed E-state index contributed by atoms with van der Waals surface area (Å²) >= 11 is 7.57. The number of nitrogens with zero attached hydrogens (tertiary/aromatic N) is 3. The molecule has 0 aliphatic heterocycles. The number of carbonyl (C=O) groups excluding carboxylic acids is 1. The van der Waals surface area contributed by atoms with E-state index in [9.17, 15) is 4.79 Å². The highest BCUT2D eigenvalue weighted by atomic mass is 35.5. The molecule has 1 aromatic carbocycles. The molecule has 4 rings (SSSR count). The van der Waals surface area contributed by atoms with Crippen molar-refractivity contribution >= 4 is 28.8 Å². The highest BCUT2D eigenvalue weighted by Gasteiger charge is 2.40. The number of benzene rings is 1. The second-order valence-electron chi connectivity index (χ2n) is 6.74. The number of rotatable bonds is 4. The zero-order valence-electron chi connectivity index (χ0n) is 14.9. The number of hydrogen-bond acceptors (Lipinski definition) is 6. The first-order chi connectivity index (χ1) is 13.1. The van der Waals surface area contributed by atoms with E-state index in [0.29, 0.717) is 21.6 Å². The van der Waals surface area contributed by atoms with Gasteiger partial charge in [0.05, 0.1) is 11.2 Å². The topological polar surface area (TPSA) is 80.9 Å². The van der Waals surface area contributed by atoms with E-state index in [1.807, 2.05) is 24.3 Å². The van der Waals surface area contributed by atoms with E-state index < -0.39 is 5.54 Å². The minimum atomic E-state index is -0.582. The Kier molecular flexibility index (Phi) is 4.97. The van der Waals surface area contributed by atoms with Gasteiger partial charge in [0.25, 0.3) is 5.91 Å². The SMILES string of the molecule is Cc1nc(C2(NC(=O)c3cnc(-c4ccccc4Cl)s3)CCCCC2)no1. The van der Waals surface area contributed by atoms with Crippen LogP contribution in [0.2, 0.25) is 5.02 Å². The summed E-state index contributed by atoms with van der Waals surface area (Å²) in [5.41, 5.74) is 0.242. The Balaban J connectivity index is 1.60. The van der Waals surface area contributed by atoms with Gasteiger partial charge in [-0.3, -0.25) is 4.79 Å². The molecule has 1 amide bonds. The number of aryl methyl sites for hydroxylation is 1. The van der Waals surface area contributed by atoms with Gasteiger partial charge in [-0.2, -0.15) is 4.98 Å². The van der Waals surface area contributed by atoms with Crippen LogP contribution in [-0.4, -0.2) is 21.0 Å². The van der Waals surface area contributed by atoms with Crippen LogP contribution in [0.5, 0.6) is 0 Å². The third-order valence-corrected chi connectivity index (χ3v) is 6.21. The summed E-state index contributed by atoms with van der Waals surface area (Å²) in [4.78, 5) is 22.3. The summed E-state index contributed by atoms with van der Waals surface area (Å²) in [6.07, 6.45) is 6.37. The lowest BCUT2D eigenvalue weighted by Gasteiger charge is -2.35. The summed E-state index contributed by atoms with van der Waals surface area (Å²) < 4.78 is 5.17. The van der Waals surface area contributed by atoms with Gasteiger partial charge in [-0.05, 0) is 18.9 Å². The first-order valence-electron chi connectivity index (χ1n) is 8.91. The Morgan fingerprint density at radius 3 is 2.74 bits per heavy atom. The summed E-state index contributed by atoms with van der Waals surface area (Å²) in [5.74, 6) is 0.891. The van der Waals surface area contributed by atoms with Crippen LogP contribution in [0.15, 0.2) is 35.0 Å². The fourth-order valence-corrected chi connectivity index (χ4v) is 4.60. The van der Waals surface area contributed by atoms with Crippen molar-refractivity contribution in [1.29, 1.82) is 0 Å². The molecule has 1 fully saturated rings. The molecular formula is C19H19ClN4O2S. The molecule has 0 spiro atoms. The smallest absolute Gasteiger partial charge is 0.263 e. The predicted octanol–water partition coefficient (Wildman–Crippen LogP) is 4.74. The molecule has 0 atom stereocenters. The van der Waals surface area contributed by atoms with Crippen LogP contribution in [0, 0.1) is 6.92 Å². The molecule has 8 heteroatoms. The van der Waals surface area contributed by atoms with Gasteiger partial charge < -0.3 is 9.84 Å². The average molecular weight is 403 g/mol. The van der Waals surface area contributed by atoms with Crippen molar-refractivity contribution in [2.45, 2.75) is 44.6 Å². The molecule has 0 bridgehead atoms. The van der Waals surface area contributed by atoms with Crippen molar-refractivity contribution in [3.63, 3.8) is 0 Å². The normalized spacial score (nSPS) is 16.2. The second-order valence-corrected chi connectivity index (χ2v) is 8.18. The lowest BCUT2D eigenvalue weighted by atomic mass is 9.81. The van der Waals surface area contributed by atoms with E-state index in [4.69, 9.17) is 16.1 Å². The molecule has 27 heavy (non-hydrogen) atoms. The third kappa shape index (κ3) is 3.61. The van der Waals surface area contributed by atoms with E-state index in [1.165, 1.54) is 11.3 Å². The maximum absolute atomic E-state index is 13.0. The predicted molar refractivity (Wildman–Crippen MR) is 104 cm³/mol. The van der Waals surface area contributed by atoms with Crippen LogP contribution >= 0.6 is 22.9 Å². The highest BCUT2D eigenvalue weighted by molar-refractivity contribution is 7.17. The van der Waals surface area contributed by atoms with Crippen molar-refractivity contribution in [1.82, 2.24) is 20.4 Å². The van der Waals surface area contributed by atoms with Gasteiger partial charge in [0.15, 0.2) is 5.82 Å². The van der Waals surface area contributed by atoms with Crippen LogP contribution in [0.3, 0.4) is 0 Å². The Bertz CT molecular complexity index is 962. The van der Waals surface area contributed by atoms with Crippen LogP contribution in [0.25, 0.3) is 10.6 Å². The van der Waals surface area contributed by atoms with Gasteiger partial charge in [-0.1, -0.05) is 54.2 Å². The molecule has 1 aliphatic carbocycles. The molecular weight excluding hydrogens is 384 g/mol. The summed E-state index contributed by atoms with van der Waals surface area (Å²) in [6.45, 7) is 1.76. The Morgan fingerprint density at radius 2 is 2.04 bits per heavy atom. The van der Waals surface area contributed by atoms with E-state index in [2.05, 4.69) is 20.4 Å². The molecule has 0 radical (unpaired) electrons. The Hall–Kier alpha value is -2.25. The minimum Gasteiger partial charge on any atom is -0.340 e. The van der Waals surface area contributed by atoms with Gasteiger partial charge >= 0.3 is 0 Å². The summed E-state index contributed by atoms with van der Waals surface area (Å²) in [7, 11) is 0. The summed E-state index contributed by atoms with van der Waals surface area (Å²) in [5, 5.41) is 8.60. The van der Waals surface area contributed by atoms with Gasteiger partial charge in [-0.15, -0.1) is 11.3 Å². The van der Waals surface area contributed by atoms with Crippen molar-refractivity contribution in [2.24, 2.45) is 0 Å². The van der Waals surface area contributed by atoms with E-state index in [-0.39, 0.29) is 5.91 Å². The van der Waals surface area contributed by atoms with Crippen molar-refractivity contribution in [2.75, 3.05) is 0 Å². The first-order valence-corrected chi connectivity index (χ1v) is 10.1. The number of carbonyl (C=O) groups is 1. The molecule has 0 saturated heterocycles. The zero-order chi connectivity index (χ0) is 18.9. The lowest BCUT2D eigenvalue weighted by molar-refractivity contribution is 0.0859. The highest BCUT2D eigenvalue weighted by Crippen LogP contribution is 2.37. The number of thiazole rings is 1. The minimum absolute atomic E-state index is 0.171. The molecule has 0 unspecified atom stereocenters. The van der Waals surface area contributed by atoms with Gasteiger partial charge in [0.2, 0.25) is 5.89 Å². The van der Waals surface area contributed by atoms with Crippen molar-refractivity contribution in [3.05, 3.63) is 52.1 Å². The monoisotopic (exact) mass is 402 g/mol. The second kappa shape index (κ2) is 7.40. The maximum atomic E-state index is 13.0. The fraction of sp³-hybridized carbons (Fsp3) is 0.368. The van der Waals surface area contributed by atoms with Gasteiger partial charge in [-0.25, -0.2) is 4.98 Å². The average Bonchev–Trinajstić information content (AvgIpc) is 3.32. The molecule has 1 saturated carbocycles. The van der Waals surface area contributed by atoms with E-state index in [0.717, 1.165) is 42.7 Å². The number of aromatic nitrogens is 3. The van der Waals surface area contributed by atoms with Gasteiger partial charge in [0, 0.05) is 12.5 Å². The number of amides is 1. The fourth-order valence-electron chi connectivity index (χ4n) is 3.47. The molecule has 1 N–H and O–H groups in total. The van der Waals surface area contributed by atoms with Crippen LogP contribution < -0.4 is 5.32 Å². The van der Waals surface area contributed by atoms with Crippen molar-refractivity contribution < 1.29 is 9.32 Å². The standard InChI is InChI=1S/C19H19ClN4O2S/c1-12-22-18(24-26-12)19(9-5-2-6-10-19)23-16(25)15-11-21-17(27-15)13-7-3-4-8-14(13)20/h3-4,7-8,11H,2,5-6,9-10H2,1H3,(H,23,25). The molecule has 2 heterocycles. The summed E-state index contributed by atoms with van der Waals surface area (Å²) in [6, 6.07) is 7.48. The first kappa shape index (κ1) is 18.1. The molecule has 1 aliphatic rings. The number of nitrogens with one attached hydrogen (secondary N) is 1. The van der Waals surface area contributed by atoms with Crippen molar-refractivity contribution in [3.8, 4) is 10.6 Å². The molecule has 140 valence electrons. The Morgan fingerprint density at radius 1 is 1.26 bits per heavy atom. The molecule has 6 nitrogen and oxygen atoms in total. The maximum Gasteiger partial charge on any atom is 0.263 e. The molecule has 2 aromatic heterocycles. The van der Waals surface area contributed by atoms with Gasteiger partial charge in [0.1, 0.15) is 15.4 Å². The van der Waals surface area contributed by atoms with Crippen LogP contribution in [0.1, 0.15) is 53.5 Å². The van der Waals surface area contributed by atoms with Crippen LogP contribution in [-0.2, 0) is 5.54 Å². The van der Waals surface area contributed by atoms with E-state index in [1.54, 1.807) is 13.1 Å². The largest absolute Gasteiger partial charge is 0.340 e. The van der Waals surface area contributed by atoms with E-state index >= 15 is 0 Å². The quantitative estimate of drug-likeness (QED) is 0.681. The third-order valence-electron chi connectivity index (χ3n) is 4.85. The lowest BCUT2D eigenvalue weighted by Crippen LogP contribution is -2.47. The zero-order valence-corrected chi connectivity index (χ0v) is 16.4. The Labute approximate surface area is 166 Å². The molecule has 3 aromatic rings. The van der Waals surface area contributed by atoms with Crippen LogP contribution in [0.4, 0.5) is 0 Å². The number of halogens is 1.